The molecule has 1 fully saturated rings. The molecule has 0 radical (unpaired) electrons. The zero-order valence-corrected chi connectivity index (χ0v) is 17.1. The van der Waals surface area contributed by atoms with Gasteiger partial charge in [0.15, 0.2) is 6.61 Å². The van der Waals surface area contributed by atoms with Crippen LogP contribution in [0.25, 0.3) is 0 Å². The van der Waals surface area contributed by atoms with Crippen molar-refractivity contribution in [2.24, 2.45) is 5.92 Å². The Labute approximate surface area is 166 Å². The summed E-state index contributed by atoms with van der Waals surface area (Å²) in [6.45, 7) is 6.70. The van der Waals surface area contributed by atoms with Crippen LogP contribution in [0.4, 0.5) is 0 Å². The predicted molar refractivity (Wildman–Crippen MR) is 105 cm³/mol. The van der Waals surface area contributed by atoms with Crippen LogP contribution in [0, 0.1) is 5.92 Å². The minimum atomic E-state index is -0.882. The Balaban J connectivity index is 1.90. The molecule has 1 aromatic carbocycles. The summed E-state index contributed by atoms with van der Waals surface area (Å²) in [7, 11) is 1.55. The van der Waals surface area contributed by atoms with Gasteiger partial charge < -0.3 is 19.6 Å². The van der Waals surface area contributed by atoms with Gasteiger partial charge in [0.2, 0.25) is 5.91 Å². The molecule has 0 bridgehead atoms. The molecule has 1 atom stereocenters. The minimum absolute atomic E-state index is 0.0878. The van der Waals surface area contributed by atoms with E-state index in [0.717, 1.165) is 5.56 Å². The highest BCUT2D eigenvalue weighted by Gasteiger charge is 2.29. The average molecular weight is 390 g/mol. The quantitative estimate of drug-likeness (QED) is 0.804. The van der Waals surface area contributed by atoms with Gasteiger partial charge in [-0.2, -0.15) is 0 Å². The van der Waals surface area contributed by atoms with E-state index in [2.05, 4.69) is 20.8 Å². The van der Waals surface area contributed by atoms with Crippen molar-refractivity contribution in [3.8, 4) is 5.75 Å². The SMILES string of the molecule is CN(CC(=O)N1CCCC(C(=O)O)C1)C(=O)COc1ccccc1C(C)(C)C. The Kier molecular flexibility index (Phi) is 7.05. The molecule has 0 saturated carbocycles. The van der Waals surface area contributed by atoms with Crippen LogP contribution in [0.5, 0.6) is 5.75 Å². The van der Waals surface area contributed by atoms with Crippen molar-refractivity contribution in [1.29, 1.82) is 0 Å². The molecule has 1 aliphatic rings. The number of likely N-dealkylation sites (tertiary alicyclic amines) is 1. The second-order valence-corrected chi connectivity index (χ2v) is 8.30. The van der Waals surface area contributed by atoms with Crippen LogP contribution in [0.15, 0.2) is 24.3 Å². The van der Waals surface area contributed by atoms with Gasteiger partial charge in [-0.3, -0.25) is 14.4 Å². The molecule has 7 heteroatoms. The number of hydrogen-bond donors (Lipinski definition) is 1. The number of hydrogen-bond acceptors (Lipinski definition) is 4. The third-order valence-electron chi connectivity index (χ3n) is 4.97. The van der Waals surface area contributed by atoms with E-state index in [1.807, 2.05) is 24.3 Å². The number of carboxylic acids is 1. The number of carboxylic acid groups (broad SMARTS) is 1. The molecule has 1 saturated heterocycles. The second kappa shape index (κ2) is 9.08. The monoisotopic (exact) mass is 390 g/mol. The van der Waals surface area contributed by atoms with Crippen LogP contribution >= 0.6 is 0 Å². The van der Waals surface area contributed by atoms with Crippen LogP contribution in [0.2, 0.25) is 0 Å². The number of aliphatic carboxylic acids is 1. The van der Waals surface area contributed by atoms with Gasteiger partial charge in [-0.1, -0.05) is 39.0 Å². The third kappa shape index (κ3) is 5.71. The molecule has 7 nitrogen and oxygen atoms in total. The highest BCUT2D eigenvalue weighted by atomic mass is 16.5. The fourth-order valence-electron chi connectivity index (χ4n) is 3.26. The first-order valence-corrected chi connectivity index (χ1v) is 9.56. The second-order valence-electron chi connectivity index (χ2n) is 8.30. The molecular formula is C21H30N2O5. The molecule has 28 heavy (non-hydrogen) atoms. The summed E-state index contributed by atoms with van der Waals surface area (Å²) in [5.74, 6) is -1.30. The molecule has 1 unspecified atom stereocenters. The van der Waals surface area contributed by atoms with Crippen LogP contribution < -0.4 is 4.74 Å². The number of piperidine rings is 1. The summed E-state index contributed by atoms with van der Waals surface area (Å²) in [6.07, 6.45) is 1.24. The van der Waals surface area contributed by atoms with Crippen molar-refractivity contribution in [1.82, 2.24) is 9.80 Å². The van der Waals surface area contributed by atoms with Gasteiger partial charge in [0.1, 0.15) is 5.75 Å². The third-order valence-corrected chi connectivity index (χ3v) is 4.97. The topological polar surface area (TPSA) is 87.2 Å². The van der Waals surface area contributed by atoms with Crippen LogP contribution in [0.3, 0.4) is 0 Å². The number of benzene rings is 1. The lowest BCUT2D eigenvalue weighted by Crippen LogP contribution is -2.47. The molecule has 2 rings (SSSR count). The highest BCUT2D eigenvalue weighted by molar-refractivity contribution is 5.85. The lowest BCUT2D eigenvalue weighted by atomic mass is 9.86. The lowest BCUT2D eigenvalue weighted by Gasteiger charge is -2.32. The first-order chi connectivity index (χ1) is 13.1. The minimum Gasteiger partial charge on any atom is -0.483 e. The first kappa shape index (κ1) is 21.7. The maximum absolute atomic E-state index is 12.4. The summed E-state index contributed by atoms with van der Waals surface area (Å²) in [5.41, 5.74) is 0.894. The Bertz CT molecular complexity index is 726. The fraction of sp³-hybridized carbons (Fsp3) is 0.571. The van der Waals surface area contributed by atoms with E-state index in [1.165, 1.54) is 9.80 Å². The van der Waals surface area contributed by atoms with Crippen molar-refractivity contribution in [3.05, 3.63) is 29.8 Å². The van der Waals surface area contributed by atoms with Gasteiger partial charge in [0.25, 0.3) is 5.91 Å². The lowest BCUT2D eigenvalue weighted by molar-refractivity contribution is -0.147. The standard InChI is InChI=1S/C21H30N2O5/c1-21(2,3)16-9-5-6-10-17(16)28-14-19(25)22(4)13-18(24)23-11-7-8-15(12-23)20(26)27/h5-6,9-10,15H,7-8,11-14H2,1-4H3,(H,26,27). The molecule has 2 amide bonds. The Morgan fingerprint density at radius 1 is 1.25 bits per heavy atom. The smallest absolute Gasteiger partial charge is 0.308 e. The van der Waals surface area contributed by atoms with Crippen molar-refractivity contribution in [3.63, 3.8) is 0 Å². The molecule has 154 valence electrons. The van der Waals surface area contributed by atoms with E-state index in [0.29, 0.717) is 25.1 Å². The van der Waals surface area contributed by atoms with Crippen molar-refractivity contribution >= 4 is 17.8 Å². The number of ether oxygens (including phenoxy) is 1. The van der Waals surface area contributed by atoms with Crippen molar-refractivity contribution in [2.75, 3.05) is 33.3 Å². The van der Waals surface area contributed by atoms with Gasteiger partial charge in [-0.25, -0.2) is 0 Å². The molecular weight excluding hydrogens is 360 g/mol. The fourth-order valence-corrected chi connectivity index (χ4v) is 3.26. The summed E-state index contributed by atoms with van der Waals surface area (Å²) in [5, 5.41) is 9.15. The molecule has 0 spiro atoms. The summed E-state index contributed by atoms with van der Waals surface area (Å²) in [6, 6.07) is 7.60. The number of nitrogens with zero attached hydrogens (tertiary/aromatic N) is 2. The van der Waals surface area contributed by atoms with Crippen LogP contribution in [-0.2, 0) is 19.8 Å². The zero-order chi connectivity index (χ0) is 20.9. The average Bonchev–Trinajstić information content (AvgIpc) is 2.65. The number of rotatable bonds is 6. The van der Waals surface area contributed by atoms with E-state index in [-0.39, 0.29) is 36.9 Å². The maximum atomic E-state index is 12.4. The Morgan fingerprint density at radius 2 is 1.93 bits per heavy atom. The molecule has 1 aliphatic heterocycles. The van der Waals surface area contributed by atoms with E-state index in [9.17, 15) is 14.4 Å². The van der Waals surface area contributed by atoms with E-state index in [1.54, 1.807) is 7.05 Å². The zero-order valence-electron chi connectivity index (χ0n) is 17.1. The van der Waals surface area contributed by atoms with E-state index < -0.39 is 11.9 Å². The molecule has 1 heterocycles. The number of carbonyl (C=O) groups is 3. The van der Waals surface area contributed by atoms with Crippen LogP contribution in [0.1, 0.15) is 39.2 Å². The number of para-hydroxylation sites is 1. The van der Waals surface area contributed by atoms with Crippen LogP contribution in [-0.4, -0.2) is 66.0 Å². The summed E-state index contributed by atoms with van der Waals surface area (Å²) >= 11 is 0. The molecule has 1 aromatic rings. The number of carbonyl (C=O) groups excluding carboxylic acids is 2. The Morgan fingerprint density at radius 3 is 2.57 bits per heavy atom. The van der Waals surface area contributed by atoms with Gasteiger partial charge in [0.05, 0.1) is 12.5 Å². The van der Waals surface area contributed by atoms with Gasteiger partial charge in [-0.05, 0) is 29.9 Å². The van der Waals surface area contributed by atoms with Gasteiger partial charge >= 0.3 is 5.97 Å². The molecule has 0 aliphatic carbocycles. The van der Waals surface area contributed by atoms with E-state index in [4.69, 9.17) is 9.84 Å². The number of amides is 2. The number of likely N-dealkylation sites (N-methyl/N-ethyl adjacent to an activating group) is 1. The first-order valence-electron chi connectivity index (χ1n) is 9.56. The summed E-state index contributed by atoms with van der Waals surface area (Å²) in [4.78, 5) is 38.9. The normalized spacial score (nSPS) is 17.1. The highest BCUT2D eigenvalue weighted by Crippen LogP contribution is 2.30. The van der Waals surface area contributed by atoms with E-state index >= 15 is 0 Å². The summed E-state index contributed by atoms with van der Waals surface area (Å²) < 4.78 is 5.73. The Hall–Kier alpha value is -2.57. The largest absolute Gasteiger partial charge is 0.483 e. The maximum Gasteiger partial charge on any atom is 0.308 e. The predicted octanol–water partition coefficient (Wildman–Crippen LogP) is 2.14. The van der Waals surface area contributed by atoms with Gasteiger partial charge in [-0.15, -0.1) is 0 Å². The van der Waals surface area contributed by atoms with Crippen molar-refractivity contribution in [2.45, 2.75) is 39.0 Å². The van der Waals surface area contributed by atoms with Crippen molar-refractivity contribution < 1.29 is 24.2 Å². The molecule has 1 N–H and O–H groups in total. The molecule has 0 aromatic heterocycles. The van der Waals surface area contributed by atoms with Gasteiger partial charge in [0, 0.05) is 20.1 Å².